The highest BCUT2D eigenvalue weighted by Crippen LogP contribution is 2.19. The van der Waals surface area contributed by atoms with Crippen LogP contribution in [0.25, 0.3) is 10.8 Å². The molecule has 0 amide bonds. The van der Waals surface area contributed by atoms with Crippen LogP contribution >= 0.6 is 0 Å². The van der Waals surface area contributed by atoms with E-state index in [4.69, 9.17) is 0 Å². The lowest BCUT2D eigenvalue weighted by Gasteiger charge is -2.14. The highest BCUT2D eigenvalue weighted by molar-refractivity contribution is 5.83. The average Bonchev–Trinajstić information content (AvgIpc) is 2.47. The van der Waals surface area contributed by atoms with Gasteiger partial charge in [0.25, 0.3) is 0 Å². The van der Waals surface area contributed by atoms with Gasteiger partial charge < -0.3 is 15.7 Å². The Hall–Kier alpha value is -2.07. The fraction of sp³-hybridized carbons (Fsp3) is 0.267. The quantitative estimate of drug-likeness (QED) is 0.579. The Morgan fingerprint density at radius 3 is 2.63 bits per heavy atom. The Kier molecular flexibility index (Phi) is 4.36. The highest BCUT2D eigenvalue weighted by Gasteiger charge is 2.08. The molecule has 4 nitrogen and oxygen atoms in total. The van der Waals surface area contributed by atoms with Gasteiger partial charge in [0.2, 0.25) is 0 Å². The molecule has 2 aromatic rings. The molecule has 0 spiro atoms. The number of hydrogen-bond donors (Lipinski definition) is 3. The fourth-order valence-corrected chi connectivity index (χ4v) is 2.01. The highest BCUT2D eigenvalue weighted by atomic mass is 16.3. The van der Waals surface area contributed by atoms with Crippen LogP contribution < -0.4 is 10.6 Å². The van der Waals surface area contributed by atoms with E-state index in [0.717, 1.165) is 10.9 Å². The minimum absolute atomic E-state index is 0.422. The molecule has 0 fully saturated rings. The first kappa shape index (κ1) is 13.4. The number of nitrogens with one attached hydrogen (secondary N) is 2. The molecular formula is C15H19N3O. The second kappa shape index (κ2) is 6.20. The molecule has 2 aromatic carbocycles. The van der Waals surface area contributed by atoms with Gasteiger partial charge in [0.1, 0.15) is 0 Å². The van der Waals surface area contributed by atoms with Crippen LogP contribution in [0, 0.1) is 0 Å². The third-order valence-corrected chi connectivity index (χ3v) is 3.08. The number of guanidine groups is 1. The minimum Gasteiger partial charge on any atom is -0.387 e. The van der Waals surface area contributed by atoms with E-state index in [-0.39, 0.29) is 0 Å². The van der Waals surface area contributed by atoms with Crippen molar-refractivity contribution < 1.29 is 5.11 Å². The number of fused-ring (bicyclic) bond motifs is 1. The average molecular weight is 257 g/mol. The first-order chi connectivity index (χ1) is 9.24. The van der Waals surface area contributed by atoms with Crippen molar-refractivity contribution in [2.75, 3.05) is 20.6 Å². The van der Waals surface area contributed by atoms with Crippen molar-refractivity contribution in [1.29, 1.82) is 0 Å². The van der Waals surface area contributed by atoms with Gasteiger partial charge >= 0.3 is 0 Å². The van der Waals surface area contributed by atoms with Crippen molar-refractivity contribution >= 4 is 16.7 Å². The van der Waals surface area contributed by atoms with Crippen molar-refractivity contribution in [3.63, 3.8) is 0 Å². The molecule has 0 bridgehead atoms. The molecule has 1 unspecified atom stereocenters. The summed E-state index contributed by atoms with van der Waals surface area (Å²) in [5, 5.41) is 18.5. The number of rotatable bonds is 3. The van der Waals surface area contributed by atoms with Gasteiger partial charge in [-0.25, -0.2) is 0 Å². The van der Waals surface area contributed by atoms with Gasteiger partial charge in [-0.2, -0.15) is 0 Å². The van der Waals surface area contributed by atoms with Gasteiger partial charge in [-0.3, -0.25) is 4.99 Å². The topological polar surface area (TPSA) is 56.7 Å². The summed E-state index contributed by atoms with van der Waals surface area (Å²) in [6, 6.07) is 14.1. The molecule has 2 rings (SSSR count). The molecule has 0 heterocycles. The van der Waals surface area contributed by atoms with E-state index in [0.29, 0.717) is 12.5 Å². The molecule has 100 valence electrons. The number of nitrogens with zero attached hydrogens (tertiary/aromatic N) is 1. The van der Waals surface area contributed by atoms with E-state index in [9.17, 15) is 5.11 Å². The Labute approximate surface area is 113 Å². The van der Waals surface area contributed by atoms with Gasteiger partial charge in [-0.05, 0) is 22.4 Å². The number of benzene rings is 2. The standard InChI is InChI=1S/C15H19N3O/c1-16-15(17-2)18-10-14(19)13-8-7-11-5-3-4-6-12(11)9-13/h3-9,14,19H,10H2,1-2H3,(H2,16,17,18). The maximum atomic E-state index is 10.2. The summed E-state index contributed by atoms with van der Waals surface area (Å²) in [7, 11) is 3.49. The molecule has 0 saturated carbocycles. The normalized spacial score (nSPS) is 13.3. The van der Waals surface area contributed by atoms with Crippen molar-refractivity contribution in [2.45, 2.75) is 6.10 Å². The number of hydrogen-bond acceptors (Lipinski definition) is 2. The van der Waals surface area contributed by atoms with Crippen LogP contribution in [0.3, 0.4) is 0 Å². The zero-order valence-corrected chi connectivity index (χ0v) is 11.2. The third-order valence-electron chi connectivity index (χ3n) is 3.08. The van der Waals surface area contributed by atoms with Crippen molar-refractivity contribution in [3.8, 4) is 0 Å². The van der Waals surface area contributed by atoms with E-state index in [2.05, 4.69) is 21.7 Å². The van der Waals surface area contributed by atoms with Crippen molar-refractivity contribution in [1.82, 2.24) is 10.6 Å². The van der Waals surface area contributed by atoms with E-state index in [1.54, 1.807) is 14.1 Å². The van der Waals surface area contributed by atoms with Gasteiger partial charge in [-0.15, -0.1) is 0 Å². The Morgan fingerprint density at radius 2 is 1.95 bits per heavy atom. The molecule has 0 aliphatic rings. The summed E-state index contributed by atoms with van der Waals surface area (Å²) >= 11 is 0. The Morgan fingerprint density at radius 1 is 1.21 bits per heavy atom. The predicted molar refractivity (Wildman–Crippen MR) is 79.3 cm³/mol. The maximum absolute atomic E-state index is 10.2. The predicted octanol–water partition coefficient (Wildman–Crippen LogP) is 1.67. The molecule has 0 aromatic heterocycles. The van der Waals surface area contributed by atoms with E-state index in [1.165, 1.54) is 5.39 Å². The van der Waals surface area contributed by atoms with E-state index in [1.807, 2.05) is 36.4 Å². The van der Waals surface area contributed by atoms with Crippen LogP contribution in [-0.2, 0) is 0 Å². The lowest BCUT2D eigenvalue weighted by Crippen LogP contribution is -2.37. The van der Waals surface area contributed by atoms with E-state index < -0.39 is 6.10 Å². The van der Waals surface area contributed by atoms with Crippen LogP contribution in [0.4, 0.5) is 0 Å². The number of aliphatic hydroxyl groups is 1. The largest absolute Gasteiger partial charge is 0.387 e. The maximum Gasteiger partial charge on any atom is 0.190 e. The summed E-state index contributed by atoms with van der Waals surface area (Å²) in [4.78, 5) is 4.01. The van der Waals surface area contributed by atoms with Gasteiger partial charge in [-0.1, -0.05) is 36.4 Å². The summed E-state index contributed by atoms with van der Waals surface area (Å²) in [6.45, 7) is 0.422. The fourth-order valence-electron chi connectivity index (χ4n) is 2.01. The van der Waals surface area contributed by atoms with Crippen LogP contribution in [0.2, 0.25) is 0 Å². The molecule has 0 radical (unpaired) electrons. The summed E-state index contributed by atoms with van der Waals surface area (Å²) < 4.78 is 0. The summed E-state index contributed by atoms with van der Waals surface area (Å²) in [5.74, 6) is 0.667. The molecule has 1 atom stereocenters. The van der Waals surface area contributed by atoms with Gasteiger partial charge in [0.05, 0.1) is 6.10 Å². The SMILES string of the molecule is CN=C(NC)NCC(O)c1ccc2ccccc2c1. The zero-order valence-electron chi connectivity index (χ0n) is 11.2. The monoisotopic (exact) mass is 257 g/mol. The zero-order chi connectivity index (χ0) is 13.7. The third kappa shape index (κ3) is 3.23. The molecular weight excluding hydrogens is 238 g/mol. The summed E-state index contributed by atoms with van der Waals surface area (Å²) in [5.41, 5.74) is 0.901. The van der Waals surface area contributed by atoms with Gasteiger partial charge in [0.15, 0.2) is 5.96 Å². The molecule has 0 aliphatic heterocycles. The Bertz CT molecular complexity index is 580. The number of aliphatic hydroxyl groups excluding tert-OH is 1. The molecule has 4 heteroatoms. The second-order valence-corrected chi connectivity index (χ2v) is 4.33. The van der Waals surface area contributed by atoms with Crippen molar-refractivity contribution in [2.24, 2.45) is 4.99 Å². The lowest BCUT2D eigenvalue weighted by molar-refractivity contribution is 0.181. The van der Waals surface area contributed by atoms with Crippen LogP contribution in [0.5, 0.6) is 0 Å². The van der Waals surface area contributed by atoms with Crippen LogP contribution in [0.1, 0.15) is 11.7 Å². The van der Waals surface area contributed by atoms with Crippen LogP contribution in [0.15, 0.2) is 47.5 Å². The van der Waals surface area contributed by atoms with Gasteiger partial charge in [0, 0.05) is 20.6 Å². The van der Waals surface area contributed by atoms with Crippen LogP contribution in [-0.4, -0.2) is 31.7 Å². The smallest absolute Gasteiger partial charge is 0.190 e. The van der Waals surface area contributed by atoms with Crippen molar-refractivity contribution in [3.05, 3.63) is 48.0 Å². The first-order valence-corrected chi connectivity index (χ1v) is 6.29. The number of aliphatic imine (C=N–C) groups is 1. The first-order valence-electron chi connectivity index (χ1n) is 6.29. The second-order valence-electron chi connectivity index (χ2n) is 4.33. The Balaban J connectivity index is 2.10. The summed E-state index contributed by atoms with van der Waals surface area (Å²) in [6.07, 6.45) is -0.560. The lowest BCUT2D eigenvalue weighted by atomic mass is 10.0. The molecule has 3 N–H and O–H groups in total. The molecule has 0 aliphatic carbocycles. The van der Waals surface area contributed by atoms with E-state index >= 15 is 0 Å². The molecule has 0 saturated heterocycles. The molecule has 19 heavy (non-hydrogen) atoms. The minimum atomic E-state index is -0.560.